The summed E-state index contributed by atoms with van der Waals surface area (Å²) < 4.78 is 0. The van der Waals surface area contributed by atoms with Crippen molar-refractivity contribution in [3.63, 3.8) is 0 Å². The summed E-state index contributed by atoms with van der Waals surface area (Å²) in [4.78, 5) is 12.9. The summed E-state index contributed by atoms with van der Waals surface area (Å²) in [5.74, 6) is 1.10. The van der Waals surface area contributed by atoms with Crippen molar-refractivity contribution in [3.05, 3.63) is 29.3 Å². The van der Waals surface area contributed by atoms with Gasteiger partial charge in [0.2, 0.25) is 0 Å². The lowest BCUT2D eigenvalue weighted by Crippen LogP contribution is -2.31. The highest BCUT2D eigenvalue weighted by atomic mass is 32.2. The number of carbonyl (C=O) groups excluding carboxylic acids is 1. The van der Waals surface area contributed by atoms with Gasteiger partial charge in [0.25, 0.3) is 0 Å². The van der Waals surface area contributed by atoms with E-state index < -0.39 is 0 Å². The van der Waals surface area contributed by atoms with Crippen LogP contribution in [0.4, 0.5) is 5.69 Å². The van der Waals surface area contributed by atoms with Gasteiger partial charge in [-0.25, -0.2) is 0 Å². The first kappa shape index (κ1) is 13.1. The van der Waals surface area contributed by atoms with Crippen LogP contribution >= 0.6 is 11.8 Å². The third kappa shape index (κ3) is 3.01. The Morgan fingerprint density at radius 2 is 2.19 bits per heavy atom. The Morgan fingerprint density at radius 1 is 1.50 bits per heavy atom. The van der Waals surface area contributed by atoms with Crippen LogP contribution in [0.25, 0.3) is 0 Å². The summed E-state index contributed by atoms with van der Waals surface area (Å²) in [7, 11) is 2.10. The number of anilines is 1. The van der Waals surface area contributed by atoms with E-state index in [-0.39, 0.29) is 0 Å². The van der Waals surface area contributed by atoms with E-state index in [1.807, 2.05) is 36.9 Å². The predicted octanol–water partition coefficient (Wildman–Crippen LogP) is 3.00. The fourth-order valence-electron chi connectivity index (χ4n) is 1.74. The molecule has 0 spiro atoms. The topological polar surface area (TPSA) is 20.3 Å². The van der Waals surface area contributed by atoms with Gasteiger partial charge >= 0.3 is 0 Å². The molecule has 0 aliphatic rings. The van der Waals surface area contributed by atoms with Crippen molar-refractivity contribution in [1.29, 1.82) is 0 Å². The van der Waals surface area contributed by atoms with Crippen LogP contribution in [0.1, 0.15) is 22.8 Å². The van der Waals surface area contributed by atoms with E-state index >= 15 is 0 Å². The Balaban J connectivity index is 2.91. The molecule has 1 unspecified atom stereocenters. The first-order chi connectivity index (χ1) is 7.60. The summed E-state index contributed by atoms with van der Waals surface area (Å²) >= 11 is 1.85. The van der Waals surface area contributed by atoms with Gasteiger partial charge in [-0.3, -0.25) is 4.79 Å². The molecule has 3 heteroatoms. The summed E-state index contributed by atoms with van der Waals surface area (Å²) in [5.41, 5.74) is 3.10. The molecule has 0 aromatic heterocycles. The van der Waals surface area contributed by atoms with Gasteiger partial charge < -0.3 is 4.90 Å². The van der Waals surface area contributed by atoms with Gasteiger partial charge in [0.15, 0.2) is 0 Å². The maximum Gasteiger partial charge on any atom is 0.150 e. The van der Waals surface area contributed by atoms with Crippen LogP contribution in [0.3, 0.4) is 0 Å². The molecule has 0 aliphatic heterocycles. The molecule has 0 amide bonds. The van der Waals surface area contributed by atoms with Crippen LogP contribution in [-0.2, 0) is 0 Å². The number of aryl methyl sites for hydroxylation is 1. The monoisotopic (exact) mass is 237 g/mol. The molecule has 0 fully saturated rings. The summed E-state index contributed by atoms with van der Waals surface area (Å²) in [6.45, 7) is 4.26. The predicted molar refractivity (Wildman–Crippen MR) is 72.8 cm³/mol. The molecule has 2 nitrogen and oxygen atoms in total. The molecule has 0 aliphatic carbocycles. The van der Waals surface area contributed by atoms with Gasteiger partial charge in [-0.2, -0.15) is 11.8 Å². The minimum absolute atomic E-state index is 0.496. The fraction of sp³-hybridized carbons (Fsp3) is 0.462. The summed E-state index contributed by atoms with van der Waals surface area (Å²) in [5, 5.41) is 0. The standard InChI is InChI=1S/C13H19NOS/c1-10-7-12(8-15)5-6-13(10)14(3)11(2)9-16-4/h5-8,11H,9H2,1-4H3. The average Bonchev–Trinajstić information content (AvgIpc) is 2.28. The van der Waals surface area contributed by atoms with E-state index in [1.165, 1.54) is 5.69 Å². The highest BCUT2D eigenvalue weighted by molar-refractivity contribution is 7.98. The average molecular weight is 237 g/mol. The Kier molecular flexibility index (Phi) is 4.87. The second-order valence-electron chi connectivity index (χ2n) is 4.08. The van der Waals surface area contributed by atoms with Gasteiger partial charge in [-0.05, 0) is 43.9 Å². The van der Waals surface area contributed by atoms with E-state index in [1.54, 1.807) is 0 Å². The van der Waals surface area contributed by atoms with Crippen molar-refractivity contribution in [2.75, 3.05) is 24.0 Å². The van der Waals surface area contributed by atoms with Crippen LogP contribution in [0.5, 0.6) is 0 Å². The molecule has 1 aromatic rings. The number of rotatable bonds is 5. The fourth-order valence-corrected chi connectivity index (χ4v) is 2.44. The van der Waals surface area contributed by atoms with E-state index in [9.17, 15) is 4.79 Å². The number of aldehydes is 1. The lowest BCUT2D eigenvalue weighted by atomic mass is 10.1. The molecule has 0 N–H and O–H groups in total. The molecule has 1 aromatic carbocycles. The minimum Gasteiger partial charge on any atom is -0.371 e. The lowest BCUT2D eigenvalue weighted by molar-refractivity contribution is 0.112. The SMILES string of the molecule is CSCC(C)N(C)c1ccc(C=O)cc1C. The molecule has 0 radical (unpaired) electrons. The van der Waals surface area contributed by atoms with Crippen LogP contribution in [0.15, 0.2) is 18.2 Å². The van der Waals surface area contributed by atoms with Crippen molar-refractivity contribution in [2.45, 2.75) is 19.9 Å². The summed E-state index contributed by atoms with van der Waals surface area (Å²) in [6, 6.07) is 6.33. The van der Waals surface area contributed by atoms with E-state index in [0.29, 0.717) is 6.04 Å². The van der Waals surface area contributed by atoms with E-state index in [0.717, 1.165) is 23.2 Å². The molecule has 0 saturated carbocycles. The molecule has 1 rings (SSSR count). The Morgan fingerprint density at radius 3 is 2.69 bits per heavy atom. The van der Waals surface area contributed by atoms with Crippen molar-refractivity contribution in [2.24, 2.45) is 0 Å². The van der Waals surface area contributed by atoms with Gasteiger partial charge in [0, 0.05) is 30.1 Å². The Bertz CT molecular complexity index is 365. The summed E-state index contributed by atoms with van der Waals surface area (Å²) in [6.07, 6.45) is 3.01. The van der Waals surface area contributed by atoms with E-state index in [4.69, 9.17) is 0 Å². The number of hydrogen-bond donors (Lipinski definition) is 0. The molecule has 0 bridgehead atoms. The number of benzene rings is 1. The van der Waals surface area contributed by atoms with Crippen LogP contribution in [0, 0.1) is 6.92 Å². The van der Waals surface area contributed by atoms with Gasteiger partial charge in [0.1, 0.15) is 6.29 Å². The molecule has 1 atom stereocenters. The smallest absolute Gasteiger partial charge is 0.150 e. The minimum atomic E-state index is 0.496. The van der Waals surface area contributed by atoms with Crippen LogP contribution in [-0.4, -0.2) is 31.4 Å². The van der Waals surface area contributed by atoms with Crippen molar-refractivity contribution in [1.82, 2.24) is 0 Å². The highest BCUT2D eigenvalue weighted by Crippen LogP contribution is 2.22. The van der Waals surface area contributed by atoms with Gasteiger partial charge in [-0.15, -0.1) is 0 Å². The van der Waals surface area contributed by atoms with Crippen LogP contribution in [0.2, 0.25) is 0 Å². The maximum absolute atomic E-state index is 10.7. The number of nitrogens with zero attached hydrogens (tertiary/aromatic N) is 1. The quantitative estimate of drug-likeness (QED) is 0.734. The number of carbonyl (C=O) groups is 1. The molecule has 88 valence electrons. The maximum atomic E-state index is 10.7. The number of thioether (sulfide) groups is 1. The van der Waals surface area contributed by atoms with Crippen molar-refractivity contribution in [3.8, 4) is 0 Å². The zero-order valence-corrected chi connectivity index (χ0v) is 11.2. The highest BCUT2D eigenvalue weighted by Gasteiger charge is 2.11. The zero-order valence-electron chi connectivity index (χ0n) is 10.4. The van der Waals surface area contributed by atoms with Gasteiger partial charge in [-0.1, -0.05) is 0 Å². The van der Waals surface area contributed by atoms with Crippen molar-refractivity contribution < 1.29 is 4.79 Å². The molecular formula is C13H19NOS. The molecule has 0 saturated heterocycles. The molecule has 16 heavy (non-hydrogen) atoms. The number of hydrogen-bond acceptors (Lipinski definition) is 3. The zero-order chi connectivity index (χ0) is 12.1. The normalized spacial score (nSPS) is 12.2. The Labute approximate surface area is 102 Å². The second kappa shape index (κ2) is 5.94. The third-order valence-electron chi connectivity index (χ3n) is 2.81. The first-order valence-electron chi connectivity index (χ1n) is 5.37. The Hall–Kier alpha value is -0.960. The molecule has 0 heterocycles. The third-order valence-corrected chi connectivity index (χ3v) is 3.62. The van der Waals surface area contributed by atoms with Crippen LogP contribution < -0.4 is 4.90 Å². The largest absolute Gasteiger partial charge is 0.371 e. The second-order valence-corrected chi connectivity index (χ2v) is 4.99. The molecular weight excluding hydrogens is 218 g/mol. The van der Waals surface area contributed by atoms with Crippen molar-refractivity contribution >= 4 is 23.7 Å². The van der Waals surface area contributed by atoms with Gasteiger partial charge in [0.05, 0.1) is 0 Å². The lowest BCUT2D eigenvalue weighted by Gasteiger charge is -2.28. The van der Waals surface area contributed by atoms with E-state index in [2.05, 4.69) is 25.1 Å². The first-order valence-corrected chi connectivity index (χ1v) is 6.77.